The number of unbranched alkanes of at least 4 members (excludes halogenated alkanes) is 16. The minimum atomic E-state index is 0. The molecule has 4 rings (SSSR count). The van der Waals surface area contributed by atoms with Crippen molar-refractivity contribution in [1.82, 2.24) is 18.3 Å². The van der Waals surface area contributed by atoms with Crippen molar-refractivity contribution in [2.45, 2.75) is 279 Å². The maximum Gasteiger partial charge on any atom is 0.258 e. The van der Waals surface area contributed by atoms with Gasteiger partial charge in [-0.05, 0) is 51.4 Å². The molecule has 0 aliphatic heterocycles. The normalized spacial score (nSPS) is 10.6. The Morgan fingerprint density at radius 3 is 1.45 bits per heavy atom. The summed E-state index contributed by atoms with van der Waals surface area (Å²) in [5.41, 5.74) is 4.47. The van der Waals surface area contributed by atoms with Crippen LogP contribution >= 0.6 is 0 Å². The number of hydrogen-bond donors (Lipinski definition) is 0. The van der Waals surface area contributed by atoms with E-state index in [1.165, 1.54) is 177 Å². The summed E-state index contributed by atoms with van der Waals surface area (Å²) in [5, 5.41) is 0. The maximum atomic E-state index is 2.46. The molecule has 0 saturated carbocycles. The first-order valence-electron chi connectivity index (χ1n) is 25.7. The zero-order valence-electron chi connectivity index (χ0n) is 44.2. The van der Waals surface area contributed by atoms with Crippen molar-refractivity contribution in [3.05, 3.63) is 72.4 Å². The van der Waals surface area contributed by atoms with Crippen LogP contribution in [-0.4, -0.2) is 18.3 Å². The molecule has 0 N–H and O–H groups in total. The summed E-state index contributed by atoms with van der Waals surface area (Å²) >= 11 is 0. The molecule has 4 heterocycles. The van der Waals surface area contributed by atoms with Crippen LogP contribution in [0.15, 0.2) is 43.6 Å². The fraction of sp³-hybridized carbons (Fsp3) is 0.793. The molecular formula is C58H120N8+4. The molecule has 0 aliphatic carbocycles. The molecule has 0 spiro atoms. The summed E-state index contributed by atoms with van der Waals surface area (Å²) in [6.45, 7) is 31.7. The largest absolute Gasteiger partial charge is 0.258 e. The third kappa shape index (κ3) is 27.6. The van der Waals surface area contributed by atoms with Gasteiger partial charge in [0.25, 0.3) is 11.6 Å². The third-order valence-corrected chi connectivity index (χ3v) is 12.6. The van der Waals surface area contributed by atoms with Gasteiger partial charge >= 0.3 is 0 Å². The van der Waals surface area contributed by atoms with Crippen LogP contribution in [0.5, 0.6) is 0 Å². The molecule has 0 atom stereocenters. The predicted octanol–water partition coefficient (Wildman–Crippen LogP) is 15.0. The van der Waals surface area contributed by atoms with Crippen molar-refractivity contribution >= 4 is 0 Å². The summed E-state index contributed by atoms with van der Waals surface area (Å²) in [7, 11) is 8.51. The first-order chi connectivity index (χ1) is 29.5. The summed E-state index contributed by atoms with van der Waals surface area (Å²) in [6, 6.07) is 0. The molecule has 0 unspecified atom stereocenters. The Hall–Kier alpha value is -3.16. The standard InChI is InChI=1S/C15H29N2.2C14H27N2.C11H21N2.4CH4/c1-6-7-8-9-10-11-17-12-14(15(2,3)4)16(5)13-17;1-6-7-8-9-10-11-16-13(3)12(2)15(5)14(16)4;1-5-6-7-8-9-10-16-12-11-15(4)14(16)13(2)3;1-3-4-5-6-7-8-13-10-9-12(2)11-13;;;;/h12-13H,6-11H2,1-5H3;6-11H2,1-5H3;11-13H,5-10H2,1-4H3;9-11H,3-8H2,1-2H3;4*1H4/q4*+1;;;;. The maximum absolute atomic E-state index is 2.46. The van der Waals surface area contributed by atoms with Gasteiger partial charge in [-0.3, -0.25) is 0 Å². The van der Waals surface area contributed by atoms with Gasteiger partial charge in [-0.1, -0.05) is 169 Å². The molecule has 66 heavy (non-hydrogen) atoms. The van der Waals surface area contributed by atoms with E-state index in [0.717, 1.165) is 6.54 Å². The van der Waals surface area contributed by atoms with E-state index in [4.69, 9.17) is 0 Å². The zero-order valence-corrected chi connectivity index (χ0v) is 44.2. The van der Waals surface area contributed by atoms with Crippen molar-refractivity contribution in [3.8, 4) is 0 Å². The van der Waals surface area contributed by atoms with Crippen molar-refractivity contribution in [2.24, 2.45) is 28.2 Å². The van der Waals surface area contributed by atoms with E-state index in [1.807, 2.05) is 0 Å². The van der Waals surface area contributed by atoms with Gasteiger partial charge in [0.1, 0.15) is 48.1 Å². The molecule has 0 radical (unpaired) electrons. The van der Waals surface area contributed by atoms with Crippen molar-refractivity contribution in [3.63, 3.8) is 0 Å². The second-order valence-electron chi connectivity index (χ2n) is 19.7. The number of imidazole rings is 4. The second kappa shape index (κ2) is 39.8. The van der Waals surface area contributed by atoms with Gasteiger partial charge in [-0.2, -0.15) is 0 Å². The minimum absolute atomic E-state index is 0. The third-order valence-electron chi connectivity index (χ3n) is 12.6. The van der Waals surface area contributed by atoms with Crippen molar-refractivity contribution in [1.29, 1.82) is 0 Å². The van der Waals surface area contributed by atoms with E-state index >= 15 is 0 Å². The topological polar surface area (TPSA) is 35.2 Å². The van der Waals surface area contributed by atoms with E-state index in [-0.39, 0.29) is 35.1 Å². The summed E-state index contributed by atoms with van der Waals surface area (Å²) in [4.78, 5) is 0. The van der Waals surface area contributed by atoms with E-state index in [9.17, 15) is 0 Å². The highest BCUT2D eigenvalue weighted by molar-refractivity contribution is 5.07. The molecule has 8 nitrogen and oxygen atoms in total. The molecule has 4 aromatic rings. The van der Waals surface area contributed by atoms with Gasteiger partial charge in [-0.25, -0.2) is 36.5 Å². The van der Waals surface area contributed by atoms with Gasteiger partial charge in [0.05, 0.1) is 60.3 Å². The van der Waals surface area contributed by atoms with Crippen LogP contribution in [0.2, 0.25) is 0 Å². The Bertz CT molecular complexity index is 1670. The number of rotatable bonds is 25. The monoisotopic (exact) mass is 929 g/mol. The van der Waals surface area contributed by atoms with Crippen molar-refractivity contribution < 1.29 is 18.3 Å². The lowest BCUT2D eigenvalue weighted by atomic mass is 9.93. The van der Waals surface area contributed by atoms with E-state index in [2.05, 4.69) is 191 Å². The molecule has 0 aromatic carbocycles. The Morgan fingerprint density at radius 1 is 0.576 bits per heavy atom. The number of aromatic nitrogens is 8. The molecule has 0 amide bonds. The smallest absolute Gasteiger partial charge is 0.240 e. The lowest BCUT2D eigenvalue weighted by molar-refractivity contribution is -0.697. The van der Waals surface area contributed by atoms with Crippen molar-refractivity contribution in [2.75, 3.05) is 0 Å². The summed E-state index contributed by atoms with van der Waals surface area (Å²) in [6.07, 6.45) is 42.4. The Balaban J connectivity index is -0.000000382. The van der Waals surface area contributed by atoms with E-state index in [1.54, 1.807) is 0 Å². The lowest BCUT2D eigenvalue weighted by Gasteiger charge is -2.13. The average Bonchev–Trinajstić information content (AvgIpc) is 3.98. The second-order valence-corrected chi connectivity index (χ2v) is 19.7. The van der Waals surface area contributed by atoms with Gasteiger partial charge < -0.3 is 0 Å². The van der Waals surface area contributed by atoms with Crippen LogP contribution < -0.4 is 18.3 Å². The first-order valence-corrected chi connectivity index (χ1v) is 25.7. The average molecular weight is 930 g/mol. The first kappa shape index (κ1) is 69.4. The molecule has 0 bridgehead atoms. The summed E-state index contributed by atoms with van der Waals surface area (Å²) in [5.74, 6) is 3.43. The van der Waals surface area contributed by atoms with Gasteiger partial charge in [-0.15, -0.1) is 0 Å². The van der Waals surface area contributed by atoms with E-state index < -0.39 is 0 Å². The molecule has 4 aromatic heterocycles. The minimum Gasteiger partial charge on any atom is -0.240 e. The van der Waals surface area contributed by atoms with Gasteiger partial charge in [0.15, 0.2) is 0 Å². The van der Waals surface area contributed by atoms with Crippen LogP contribution in [0, 0.1) is 20.8 Å². The zero-order chi connectivity index (χ0) is 46.5. The Labute approximate surface area is 414 Å². The lowest BCUT2D eigenvalue weighted by Crippen LogP contribution is -2.33. The predicted molar refractivity (Wildman–Crippen MR) is 291 cm³/mol. The molecule has 0 aliphatic rings. The molecule has 388 valence electrons. The van der Waals surface area contributed by atoms with Gasteiger partial charge in [0, 0.05) is 26.2 Å². The Kier molecular flexibility index (Phi) is 41.9. The number of hydrogen-bond acceptors (Lipinski definition) is 0. The van der Waals surface area contributed by atoms with Crippen LogP contribution in [0.3, 0.4) is 0 Å². The van der Waals surface area contributed by atoms with Crippen LogP contribution in [-0.2, 0) is 59.8 Å². The van der Waals surface area contributed by atoms with Crippen LogP contribution in [0.4, 0.5) is 0 Å². The van der Waals surface area contributed by atoms with E-state index in [0.29, 0.717) is 5.92 Å². The highest BCUT2D eigenvalue weighted by atomic mass is 15.2. The molecule has 0 fully saturated rings. The van der Waals surface area contributed by atoms with Gasteiger partial charge in [0.2, 0.25) is 12.7 Å². The van der Waals surface area contributed by atoms with Crippen LogP contribution in [0.25, 0.3) is 0 Å². The fourth-order valence-electron chi connectivity index (χ4n) is 8.50. The Morgan fingerprint density at radius 2 is 1.05 bits per heavy atom. The highest BCUT2D eigenvalue weighted by Crippen LogP contribution is 2.20. The quantitative estimate of drug-likeness (QED) is 0.0469. The number of nitrogens with zero attached hydrogens (tertiary/aromatic N) is 8. The molecule has 8 heteroatoms. The highest BCUT2D eigenvalue weighted by Gasteiger charge is 2.24. The summed E-state index contributed by atoms with van der Waals surface area (Å²) < 4.78 is 18.4. The fourth-order valence-corrected chi connectivity index (χ4v) is 8.50. The SMILES string of the molecule is C.C.C.C.CCCCCCC[n+]1cc(C(C)(C)C)n(C)c1.CCCCCCCn1c(C)c(C)[n+](C)c1C.CCCCCCCn1cc[n+](C)c1.CCCCCCCn1cc[n+](C)c1C(C)C. The number of aryl methyl sites for hydroxylation is 6. The molecular weight excluding hydrogens is 809 g/mol. The molecule has 0 saturated heterocycles. The van der Waals surface area contributed by atoms with Crippen LogP contribution in [0.1, 0.15) is 255 Å².